The summed E-state index contributed by atoms with van der Waals surface area (Å²) in [6.07, 6.45) is 0. The fourth-order valence-corrected chi connectivity index (χ4v) is 2.08. The predicted octanol–water partition coefficient (Wildman–Crippen LogP) is 1.52. The molecule has 4 heteroatoms. The van der Waals surface area contributed by atoms with Gasteiger partial charge in [0.25, 0.3) is 0 Å². The van der Waals surface area contributed by atoms with Crippen molar-refractivity contribution in [2.45, 2.75) is 12.8 Å². The summed E-state index contributed by atoms with van der Waals surface area (Å²) in [5.74, 6) is 5.42. The highest BCUT2D eigenvalue weighted by Gasteiger charge is 2.11. The molecule has 1 aliphatic rings. The van der Waals surface area contributed by atoms with Gasteiger partial charge in [0.1, 0.15) is 0 Å². The second-order valence-corrected chi connectivity index (χ2v) is 4.43. The van der Waals surface area contributed by atoms with Crippen LogP contribution in [0.15, 0.2) is 24.3 Å². The van der Waals surface area contributed by atoms with Crippen LogP contribution in [0.5, 0.6) is 0 Å². The van der Waals surface area contributed by atoms with Crippen LogP contribution in [0.1, 0.15) is 18.4 Å². The van der Waals surface area contributed by atoms with Crippen LogP contribution in [0.25, 0.3) is 0 Å². The first-order valence-electron chi connectivity index (χ1n) is 6.05. The molecule has 0 amide bonds. The minimum Gasteiger partial charge on any atom is -0.378 e. The van der Waals surface area contributed by atoms with Gasteiger partial charge in [0.15, 0.2) is 0 Å². The Morgan fingerprint density at radius 2 is 1.94 bits per heavy atom. The van der Waals surface area contributed by atoms with Crippen LogP contribution in [0.3, 0.4) is 0 Å². The van der Waals surface area contributed by atoms with Crippen molar-refractivity contribution in [2.75, 3.05) is 37.8 Å². The van der Waals surface area contributed by atoms with Gasteiger partial charge in [-0.05, 0) is 17.7 Å². The molecule has 1 aliphatic heterocycles. The minimum atomic E-state index is 0.332. The predicted molar refractivity (Wildman–Crippen MR) is 68.0 cm³/mol. The first-order valence-corrected chi connectivity index (χ1v) is 6.05. The van der Waals surface area contributed by atoms with Crippen molar-refractivity contribution in [1.82, 2.24) is 0 Å². The quantitative estimate of drug-likeness (QED) is 0.805. The van der Waals surface area contributed by atoms with E-state index in [1.165, 1.54) is 11.3 Å². The van der Waals surface area contributed by atoms with Gasteiger partial charge in [-0.2, -0.15) is 0 Å². The van der Waals surface area contributed by atoms with E-state index in [1.807, 2.05) is 0 Å². The number of hydrogen-bond acceptors (Lipinski definition) is 4. The van der Waals surface area contributed by atoms with Gasteiger partial charge in [-0.25, -0.2) is 5.90 Å². The van der Waals surface area contributed by atoms with Gasteiger partial charge in [-0.15, -0.1) is 0 Å². The summed E-state index contributed by atoms with van der Waals surface area (Å²) in [5.41, 5.74) is 2.52. The van der Waals surface area contributed by atoms with Crippen LogP contribution in [-0.2, 0) is 9.57 Å². The maximum Gasteiger partial charge on any atom is 0.0745 e. The number of rotatable bonds is 4. The molecule has 0 spiro atoms. The van der Waals surface area contributed by atoms with Crippen molar-refractivity contribution in [2.24, 2.45) is 5.90 Å². The molecule has 1 heterocycles. The lowest BCUT2D eigenvalue weighted by molar-refractivity contribution is 0.122. The molecule has 1 unspecified atom stereocenters. The lowest BCUT2D eigenvalue weighted by Gasteiger charge is -2.29. The van der Waals surface area contributed by atoms with E-state index in [4.69, 9.17) is 10.6 Å². The van der Waals surface area contributed by atoms with Crippen LogP contribution in [-0.4, -0.2) is 32.9 Å². The first-order chi connectivity index (χ1) is 8.31. The number of benzene rings is 1. The van der Waals surface area contributed by atoms with E-state index in [0.717, 1.165) is 26.3 Å². The third-order valence-corrected chi connectivity index (χ3v) is 3.18. The van der Waals surface area contributed by atoms with Crippen molar-refractivity contribution in [3.05, 3.63) is 29.8 Å². The molecule has 1 saturated heterocycles. The molecule has 17 heavy (non-hydrogen) atoms. The third kappa shape index (κ3) is 3.19. The highest BCUT2D eigenvalue weighted by molar-refractivity contribution is 5.48. The molecule has 0 radical (unpaired) electrons. The average molecular weight is 236 g/mol. The zero-order valence-corrected chi connectivity index (χ0v) is 10.3. The van der Waals surface area contributed by atoms with Gasteiger partial charge in [-0.3, -0.25) is 0 Å². The SMILES string of the molecule is CC(CON)c1ccc(N2CCOCC2)cc1. The van der Waals surface area contributed by atoms with Crippen molar-refractivity contribution in [3.63, 3.8) is 0 Å². The van der Waals surface area contributed by atoms with E-state index in [-0.39, 0.29) is 0 Å². The molecule has 2 rings (SSSR count). The highest BCUT2D eigenvalue weighted by Crippen LogP contribution is 2.21. The molecular formula is C13H20N2O2. The molecule has 0 aromatic heterocycles. The minimum absolute atomic E-state index is 0.332. The highest BCUT2D eigenvalue weighted by atomic mass is 16.6. The van der Waals surface area contributed by atoms with E-state index >= 15 is 0 Å². The summed E-state index contributed by atoms with van der Waals surface area (Å²) in [7, 11) is 0. The molecule has 1 fully saturated rings. The fourth-order valence-electron chi connectivity index (χ4n) is 2.08. The van der Waals surface area contributed by atoms with Crippen molar-refractivity contribution >= 4 is 5.69 Å². The largest absolute Gasteiger partial charge is 0.378 e. The first kappa shape index (κ1) is 12.4. The smallest absolute Gasteiger partial charge is 0.0745 e. The van der Waals surface area contributed by atoms with Gasteiger partial charge < -0.3 is 14.5 Å². The Bertz CT molecular complexity index is 334. The van der Waals surface area contributed by atoms with Gasteiger partial charge in [0, 0.05) is 24.7 Å². The van der Waals surface area contributed by atoms with E-state index < -0.39 is 0 Å². The monoisotopic (exact) mass is 236 g/mol. The van der Waals surface area contributed by atoms with Crippen LogP contribution in [0.2, 0.25) is 0 Å². The molecule has 0 saturated carbocycles. The summed E-state index contributed by atoms with van der Waals surface area (Å²) in [6, 6.07) is 8.62. The molecule has 1 aromatic rings. The second kappa shape index (κ2) is 6.00. The number of hydrogen-bond donors (Lipinski definition) is 1. The van der Waals surface area contributed by atoms with Gasteiger partial charge >= 0.3 is 0 Å². The molecule has 4 nitrogen and oxygen atoms in total. The molecule has 1 atom stereocenters. The van der Waals surface area contributed by atoms with Crippen molar-refractivity contribution in [3.8, 4) is 0 Å². The summed E-state index contributed by atoms with van der Waals surface area (Å²) >= 11 is 0. The average Bonchev–Trinajstić information content (AvgIpc) is 2.40. The van der Waals surface area contributed by atoms with E-state index in [2.05, 4.69) is 40.9 Å². The summed E-state index contributed by atoms with van der Waals surface area (Å²) in [4.78, 5) is 7.02. The Morgan fingerprint density at radius 1 is 1.29 bits per heavy atom. The topological polar surface area (TPSA) is 47.7 Å². The zero-order chi connectivity index (χ0) is 12.1. The number of nitrogens with zero attached hydrogens (tertiary/aromatic N) is 1. The third-order valence-electron chi connectivity index (χ3n) is 3.18. The van der Waals surface area contributed by atoms with Gasteiger partial charge in [0.2, 0.25) is 0 Å². The lowest BCUT2D eigenvalue weighted by atomic mass is 10.0. The number of anilines is 1. The number of ether oxygens (including phenoxy) is 1. The Morgan fingerprint density at radius 3 is 2.53 bits per heavy atom. The molecule has 94 valence electrons. The van der Waals surface area contributed by atoms with E-state index in [0.29, 0.717) is 12.5 Å². The van der Waals surface area contributed by atoms with Crippen LogP contribution in [0, 0.1) is 0 Å². The Kier molecular flexibility index (Phi) is 4.36. The Labute approximate surface area is 102 Å². The summed E-state index contributed by atoms with van der Waals surface area (Å²) in [6.45, 7) is 6.24. The summed E-state index contributed by atoms with van der Waals surface area (Å²) in [5, 5.41) is 0. The van der Waals surface area contributed by atoms with Crippen LogP contribution < -0.4 is 10.8 Å². The van der Waals surface area contributed by atoms with Gasteiger partial charge in [-0.1, -0.05) is 19.1 Å². The van der Waals surface area contributed by atoms with Crippen molar-refractivity contribution < 1.29 is 9.57 Å². The molecule has 1 aromatic carbocycles. The molecule has 0 aliphatic carbocycles. The normalized spacial score (nSPS) is 18.1. The molecule has 0 bridgehead atoms. The maximum absolute atomic E-state index is 5.34. The molecular weight excluding hydrogens is 216 g/mol. The maximum atomic E-state index is 5.34. The zero-order valence-electron chi connectivity index (χ0n) is 10.3. The van der Waals surface area contributed by atoms with Crippen LogP contribution in [0.4, 0.5) is 5.69 Å². The number of morpholine rings is 1. The van der Waals surface area contributed by atoms with Crippen LogP contribution >= 0.6 is 0 Å². The van der Waals surface area contributed by atoms with E-state index in [9.17, 15) is 0 Å². The van der Waals surface area contributed by atoms with Gasteiger partial charge in [0.05, 0.1) is 19.8 Å². The van der Waals surface area contributed by atoms with E-state index in [1.54, 1.807) is 0 Å². The standard InChI is InChI=1S/C13H20N2O2/c1-11(10-17-14)12-2-4-13(5-3-12)15-6-8-16-9-7-15/h2-5,11H,6-10,14H2,1H3. The fraction of sp³-hybridized carbons (Fsp3) is 0.538. The number of nitrogens with two attached hydrogens (primary N) is 1. The molecule has 2 N–H and O–H groups in total. The lowest BCUT2D eigenvalue weighted by Crippen LogP contribution is -2.36. The Hall–Kier alpha value is -1.10. The van der Waals surface area contributed by atoms with Crippen molar-refractivity contribution in [1.29, 1.82) is 0 Å². The Balaban J connectivity index is 2.01. The summed E-state index contributed by atoms with van der Waals surface area (Å²) < 4.78 is 5.34. The second-order valence-electron chi connectivity index (χ2n) is 4.43.